The van der Waals surface area contributed by atoms with Crippen LogP contribution in [0.4, 0.5) is 0 Å². The van der Waals surface area contributed by atoms with Crippen LogP contribution in [0, 0.1) is 6.92 Å². The number of carbonyl (C=O) groups is 1. The van der Waals surface area contributed by atoms with Crippen molar-refractivity contribution in [2.75, 3.05) is 13.1 Å². The SMILES string of the molecule is Cc1cccc(C2CCCN2C(=O)c2csc(CCN)n2)c1. The van der Waals surface area contributed by atoms with Crippen LogP contribution in [0.25, 0.3) is 0 Å². The lowest BCUT2D eigenvalue weighted by atomic mass is 10.0. The second-order valence-corrected chi connectivity index (χ2v) is 6.68. The quantitative estimate of drug-likeness (QED) is 0.943. The lowest BCUT2D eigenvalue weighted by Crippen LogP contribution is -2.30. The van der Waals surface area contributed by atoms with Crippen LogP contribution in [-0.4, -0.2) is 28.9 Å². The molecule has 1 unspecified atom stereocenters. The number of hydrogen-bond acceptors (Lipinski definition) is 4. The third-order valence-corrected chi connectivity index (χ3v) is 4.98. The van der Waals surface area contributed by atoms with Crippen LogP contribution in [0.5, 0.6) is 0 Å². The fourth-order valence-corrected chi connectivity index (χ4v) is 3.82. The standard InChI is InChI=1S/C17H21N3OS/c1-12-4-2-5-13(10-12)15-6-3-9-20(15)17(21)14-11-22-16(19-14)7-8-18/h2,4-5,10-11,15H,3,6-9,18H2,1H3. The summed E-state index contributed by atoms with van der Waals surface area (Å²) < 4.78 is 0. The molecule has 2 aromatic rings. The number of nitrogens with zero attached hydrogens (tertiary/aromatic N) is 2. The Kier molecular flexibility index (Phi) is 4.55. The van der Waals surface area contributed by atoms with Crippen molar-refractivity contribution in [3.05, 3.63) is 51.5 Å². The van der Waals surface area contributed by atoms with Gasteiger partial charge < -0.3 is 10.6 Å². The second kappa shape index (κ2) is 6.58. The van der Waals surface area contributed by atoms with Crippen LogP contribution in [-0.2, 0) is 6.42 Å². The Labute approximate surface area is 135 Å². The molecule has 0 radical (unpaired) electrons. The first-order valence-electron chi connectivity index (χ1n) is 7.71. The number of hydrogen-bond donors (Lipinski definition) is 1. The highest BCUT2D eigenvalue weighted by Gasteiger charge is 2.31. The van der Waals surface area contributed by atoms with E-state index >= 15 is 0 Å². The number of rotatable bonds is 4. The fraction of sp³-hybridized carbons (Fsp3) is 0.412. The van der Waals surface area contributed by atoms with Crippen molar-refractivity contribution in [1.82, 2.24) is 9.88 Å². The van der Waals surface area contributed by atoms with Gasteiger partial charge in [0.05, 0.1) is 11.0 Å². The first-order valence-corrected chi connectivity index (χ1v) is 8.59. The summed E-state index contributed by atoms with van der Waals surface area (Å²) in [6.45, 7) is 3.46. The molecule has 1 aliphatic rings. The highest BCUT2D eigenvalue weighted by Crippen LogP contribution is 2.33. The summed E-state index contributed by atoms with van der Waals surface area (Å²) in [7, 11) is 0. The van der Waals surface area contributed by atoms with E-state index in [4.69, 9.17) is 5.73 Å². The molecule has 22 heavy (non-hydrogen) atoms. The van der Waals surface area contributed by atoms with Crippen molar-refractivity contribution in [3.63, 3.8) is 0 Å². The highest BCUT2D eigenvalue weighted by molar-refractivity contribution is 7.09. The van der Waals surface area contributed by atoms with Gasteiger partial charge >= 0.3 is 0 Å². The molecule has 116 valence electrons. The normalized spacial score (nSPS) is 17.9. The smallest absolute Gasteiger partial charge is 0.273 e. The Morgan fingerprint density at radius 2 is 2.36 bits per heavy atom. The minimum atomic E-state index is 0.0449. The van der Waals surface area contributed by atoms with Crippen molar-refractivity contribution >= 4 is 17.2 Å². The molecule has 1 aliphatic heterocycles. The van der Waals surface area contributed by atoms with Gasteiger partial charge in [0.2, 0.25) is 0 Å². The summed E-state index contributed by atoms with van der Waals surface area (Å²) in [6.07, 6.45) is 2.80. The number of thiazole rings is 1. The van der Waals surface area contributed by atoms with Gasteiger partial charge in [-0.05, 0) is 31.9 Å². The lowest BCUT2D eigenvalue weighted by molar-refractivity contribution is 0.0730. The van der Waals surface area contributed by atoms with Gasteiger partial charge in [0.25, 0.3) is 5.91 Å². The molecule has 2 N–H and O–H groups in total. The Balaban J connectivity index is 1.81. The summed E-state index contributed by atoms with van der Waals surface area (Å²) in [4.78, 5) is 19.2. The molecule has 0 spiro atoms. The van der Waals surface area contributed by atoms with Crippen molar-refractivity contribution < 1.29 is 4.79 Å². The predicted molar refractivity (Wildman–Crippen MR) is 89.1 cm³/mol. The van der Waals surface area contributed by atoms with E-state index in [0.717, 1.165) is 30.8 Å². The minimum Gasteiger partial charge on any atom is -0.330 e. The summed E-state index contributed by atoms with van der Waals surface area (Å²) in [6, 6.07) is 8.62. The third-order valence-electron chi connectivity index (χ3n) is 4.07. The number of nitrogens with two attached hydrogens (primary N) is 1. The number of amides is 1. The van der Waals surface area contributed by atoms with Crippen molar-refractivity contribution in [2.45, 2.75) is 32.2 Å². The van der Waals surface area contributed by atoms with E-state index < -0.39 is 0 Å². The van der Waals surface area contributed by atoms with Crippen LogP contribution >= 0.6 is 11.3 Å². The molecule has 1 atom stereocenters. The molecule has 1 aromatic carbocycles. The Morgan fingerprint density at radius 3 is 3.14 bits per heavy atom. The van der Waals surface area contributed by atoms with Gasteiger partial charge in [-0.1, -0.05) is 29.8 Å². The monoisotopic (exact) mass is 315 g/mol. The maximum absolute atomic E-state index is 12.8. The Hall–Kier alpha value is -1.72. The molecular formula is C17H21N3OS. The molecule has 5 heteroatoms. The Morgan fingerprint density at radius 1 is 1.50 bits per heavy atom. The van der Waals surface area contributed by atoms with Gasteiger partial charge in [-0.25, -0.2) is 4.98 Å². The zero-order valence-electron chi connectivity index (χ0n) is 12.8. The number of benzene rings is 1. The molecule has 3 rings (SSSR count). The summed E-state index contributed by atoms with van der Waals surface area (Å²) in [5, 5.41) is 2.80. The first kappa shape index (κ1) is 15.2. The van der Waals surface area contributed by atoms with Crippen LogP contribution in [0.15, 0.2) is 29.6 Å². The molecule has 0 saturated carbocycles. The molecule has 1 aromatic heterocycles. The maximum atomic E-state index is 12.8. The van der Waals surface area contributed by atoms with Crippen molar-refractivity contribution in [2.24, 2.45) is 5.73 Å². The Bertz CT molecular complexity index is 667. The van der Waals surface area contributed by atoms with E-state index in [9.17, 15) is 4.79 Å². The molecular weight excluding hydrogens is 294 g/mol. The summed E-state index contributed by atoms with van der Waals surface area (Å²) >= 11 is 1.52. The van der Waals surface area contributed by atoms with E-state index in [1.54, 1.807) is 0 Å². The van der Waals surface area contributed by atoms with Gasteiger partial charge in [-0.2, -0.15) is 0 Å². The van der Waals surface area contributed by atoms with E-state index in [0.29, 0.717) is 12.2 Å². The number of aryl methyl sites for hydroxylation is 1. The fourth-order valence-electron chi connectivity index (χ4n) is 3.03. The van der Waals surface area contributed by atoms with E-state index in [2.05, 4.69) is 36.2 Å². The summed E-state index contributed by atoms with van der Waals surface area (Å²) in [5.41, 5.74) is 8.57. The number of aromatic nitrogens is 1. The second-order valence-electron chi connectivity index (χ2n) is 5.74. The number of likely N-dealkylation sites (tertiary alicyclic amines) is 1. The van der Waals surface area contributed by atoms with Crippen LogP contribution < -0.4 is 5.73 Å². The first-order chi connectivity index (χ1) is 10.7. The minimum absolute atomic E-state index is 0.0449. The lowest BCUT2D eigenvalue weighted by Gasteiger charge is -2.24. The van der Waals surface area contributed by atoms with Gasteiger partial charge in [-0.15, -0.1) is 11.3 Å². The molecule has 1 fully saturated rings. The van der Waals surface area contributed by atoms with Crippen LogP contribution in [0.3, 0.4) is 0 Å². The molecule has 4 nitrogen and oxygen atoms in total. The largest absolute Gasteiger partial charge is 0.330 e. The molecule has 1 amide bonds. The molecule has 0 bridgehead atoms. The van der Waals surface area contributed by atoms with Gasteiger partial charge in [0.15, 0.2) is 0 Å². The van der Waals surface area contributed by atoms with E-state index in [-0.39, 0.29) is 11.9 Å². The topological polar surface area (TPSA) is 59.2 Å². The average molecular weight is 315 g/mol. The van der Waals surface area contributed by atoms with Crippen molar-refractivity contribution in [3.8, 4) is 0 Å². The van der Waals surface area contributed by atoms with E-state index in [1.807, 2.05) is 10.3 Å². The molecule has 0 aliphatic carbocycles. The van der Waals surface area contributed by atoms with Crippen molar-refractivity contribution in [1.29, 1.82) is 0 Å². The summed E-state index contributed by atoms with van der Waals surface area (Å²) in [5.74, 6) is 0.0449. The molecule has 2 heterocycles. The average Bonchev–Trinajstić information content (AvgIpc) is 3.16. The zero-order chi connectivity index (χ0) is 15.5. The molecule has 1 saturated heterocycles. The number of carbonyl (C=O) groups excluding carboxylic acids is 1. The predicted octanol–water partition coefficient (Wildman–Crippen LogP) is 2.93. The van der Waals surface area contributed by atoms with Crippen LogP contribution in [0.2, 0.25) is 0 Å². The third kappa shape index (κ3) is 3.05. The maximum Gasteiger partial charge on any atom is 0.273 e. The zero-order valence-corrected chi connectivity index (χ0v) is 13.6. The van der Waals surface area contributed by atoms with E-state index in [1.165, 1.54) is 22.5 Å². The van der Waals surface area contributed by atoms with Gasteiger partial charge in [-0.3, -0.25) is 4.79 Å². The van der Waals surface area contributed by atoms with Gasteiger partial charge in [0.1, 0.15) is 5.69 Å². The van der Waals surface area contributed by atoms with Crippen LogP contribution in [0.1, 0.15) is 45.5 Å². The highest BCUT2D eigenvalue weighted by atomic mass is 32.1. The van der Waals surface area contributed by atoms with Gasteiger partial charge in [0, 0.05) is 18.3 Å².